The summed E-state index contributed by atoms with van der Waals surface area (Å²) in [6.07, 6.45) is 3.12. The van der Waals surface area contributed by atoms with Crippen LogP contribution < -0.4 is 10.3 Å². The van der Waals surface area contributed by atoms with E-state index in [0.29, 0.717) is 33.7 Å². The van der Waals surface area contributed by atoms with Gasteiger partial charge in [0.25, 0.3) is 5.56 Å². The highest BCUT2D eigenvalue weighted by Gasteiger charge is 2.21. The van der Waals surface area contributed by atoms with Crippen molar-refractivity contribution < 1.29 is 14.3 Å². The first-order chi connectivity index (χ1) is 13.5. The van der Waals surface area contributed by atoms with E-state index in [1.54, 1.807) is 26.3 Å². The Labute approximate surface area is 160 Å². The van der Waals surface area contributed by atoms with Gasteiger partial charge in [0.15, 0.2) is 5.65 Å². The molecule has 0 amide bonds. The third-order valence-electron chi connectivity index (χ3n) is 4.67. The van der Waals surface area contributed by atoms with Gasteiger partial charge in [-0.15, -0.1) is 0 Å². The first-order valence-electron chi connectivity index (χ1n) is 8.59. The lowest BCUT2D eigenvalue weighted by Crippen LogP contribution is -2.19. The molecule has 3 aromatic heterocycles. The van der Waals surface area contributed by atoms with Crippen molar-refractivity contribution in [2.75, 3.05) is 14.2 Å². The highest BCUT2D eigenvalue weighted by Crippen LogP contribution is 2.24. The van der Waals surface area contributed by atoms with Crippen LogP contribution in [0.4, 0.5) is 0 Å². The summed E-state index contributed by atoms with van der Waals surface area (Å²) in [4.78, 5) is 29.5. The maximum Gasteiger partial charge on any atom is 0.343 e. The average molecular weight is 378 g/mol. The average Bonchev–Trinajstić information content (AvgIpc) is 3.04. The van der Waals surface area contributed by atoms with Gasteiger partial charge in [0.2, 0.25) is 0 Å². The van der Waals surface area contributed by atoms with E-state index in [1.807, 2.05) is 25.1 Å². The van der Waals surface area contributed by atoms with Gasteiger partial charge in [-0.2, -0.15) is 5.10 Å². The molecule has 0 atom stereocenters. The smallest absolute Gasteiger partial charge is 0.343 e. The van der Waals surface area contributed by atoms with Crippen LogP contribution in [0.15, 0.2) is 41.5 Å². The highest BCUT2D eigenvalue weighted by atomic mass is 16.5. The molecule has 0 unspecified atom stereocenters. The van der Waals surface area contributed by atoms with Crippen LogP contribution in [0, 0.1) is 13.8 Å². The van der Waals surface area contributed by atoms with Crippen molar-refractivity contribution in [1.82, 2.24) is 19.2 Å². The summed E-state index contributed by atoms with van der Waals surface area (Å²) < 4.78 is 13.2. The second-order valence-electron chi connectivity index (χ2n) is 6.41. The lowest BCUT2D eigenvalue weighted by Gasteiger charge is -2.12. The van der Waals surface area contributed by atoms with Crippen molar-refractivity contribution in [1.29, 1.82) is 0 Å². The summed E-state index contributed by atoms with van der Waals surface area (Å²) in [6.45, 7) is 3.65. The number of benzene rings is 1. The molecule has 3 heterocycles. The van der Waals surface area contributed by atoms with Crippen molar-refractivity contribution in [3.8, 4) is 11.4 Å². The fourth-order valence-electron chi connectivity index (χ4n) is 3.29. The van der Waals surface area contributed by atoms with Gasteiger partial charge in [-0.1, -0.05) is 6.07 Å². The lowest BCUT2D eigenvalue weighted by atomic mass is 10.2. The summed E-state index contributed by atoms with van der Waals surface area (Å²) in [5.74, 6) is 0.0705. The van der Waals surface area contributed by atoms with E-state index in [2.05, 4.69) is 10.1 Å². The first kappa shape index (κ1) is 17.7. The second kappa shape index (κ2) is 6.49. The number of carbonyl (C=O) groups excluding carboxylic acids is 1. The normalized spacial score (nSPS) is 11.1. The Hall–Kier alpha value is -3.68. The molecular weight excluding hydrogens is 360 g/mol. The number of hydrogen-bond donors (Lipinski definition) is 0. The standard InChI is InChI=1S/C20H18N4O4/c1-11-5-6-16(27-3)15(9-11)23-8-7-14-13(19(23)25)10-21-18-17(20(26)28-4)12(2)22-24(14)18/h5-10H,1-4H3. The molecule has 0 radical (unpaired) electrons. The van der Waals surface area contributed by atoms with Crippen molar-refractivity contribution in [2.24, 2.45) is 0 Å². The van der Waals surface area contributed by atoms with E-state index < -0.39 is 5.97 Å². The van der Waals surface area contributed by atoms with Crippen LogP contribution >= 0.6 is 0 Å². The van der Waals surface area contributed by atoms with Gasteiger partial charge in [0.1, 0.15) is 11.3 Å². The van der Waals surface area contributed by atoms with E-state index in [4.69, 9.17) is 9.47 Å². The van der Waals surface area contributed by atoms with E-state index in [0.717, 1.165) is 5.56 Å². The zero-order chi connectivity index (χ0) is 20.0. The number of nitrogens with zero attached hydrogens (tertiary/aromatic N) is 4. The molecule has 8 heteroatoms. The molecule has 0 bridgehead atoms. The van der Waals surface area contributed by atoms with Crippen molar-refractivity contribution in [3.63, 3.8) is 0 Å². The number of aryl methyl sites for hydroxylation is 2. The minimum Gasteiger partial charge on any atom is -0.495 e. The molecule has 1 aromatic carbocycles. The molecule has 0 aliphatic heterocycles. The van der Waals surface area contributed by atoms with Crippen LogP contribution in [0.3, 0.4) is 0 Å². The van der Waals surface area contributed by atoms with Crippen LogP contribution in [0.2, 0.25) is 0 Å². The molecule has 0 saturated heterocycles. The summed E-state index contributed by atoms with van der Waals surface area (Å²) in [5, 5.41) is 4.75. The minimum atomic E-state index is -0.516. The fraction of sp³-hybridized carbons (Fsp3) is 0.200. The highest BCUT2D eigenvalue weighted by molar-refractivity contribution is 5.98. The number of ether oxygens (including phenoxy) is 2. The van der Waals surface area contributed by atoms with E-state index in [1.165, 1.54) is 22.4 Å². The predicted molar refractivity (Wildman–Crippen MR) is 103 cm³/mol. The number of aromatic nitrogens is 4. The molecule has 28 heavy (non-hydrogen) atoms. The number of methoxy groups -OCH3 is 2. The Bertz CT molecular complexity index is 1300. The number of carbonyl (C=O) groups is 1. The molecule has 0 aliphatic carbocycles. The molecule has 0 saturated carbocycles. The molecule has 0 spiro atoms. The Morgan fingerprint density at radius 2 is 1.93 bits per heavy atom. The lowest BCUT2D eigenvalue weighted by molar-refractivity contribution is 0.0602. The van der Waals surface area contributed by atoms with Crippen LogP contribution in [0.5, 0.6) is 5.75 Å². The topological polar surface area (TPSA) is 87.7 Å². The Kier molecular flexibility index (Phi) is 4.11. The van der Waals surface area contributed by atoms with Gasteiger partial charge in [-0.25, -0.2) is 14.3 Å². The van der Waals surface area contributed by atoms with Gasteiger partial charge in [-0.05, 0) is 37.6 Å². The molecule has 0 N–H and O–H groups in total. The third kappa shape index (κ3) is 2.53. The summed E-state index contributed by atoms with van der Waals surface area (Å²) in [7, 11) is 2.87. The molecule has 0 fully saturated rings. The molecule has 4 rings (SSSR count). The van der Waals surface area contributed by atoms with Gasteiger partial charge < -0.3 is 9.47 Å². The van der Waals surface area contributed by atoms with E-state index in [-0.39, 0.29) is 11.1 Å². The molecule has 142 valence electrons. The molecular formula is C20H18N4O4. The first-order valence-corrected chi connectivity index (χ1v) is 8.59. The quantitative estimate of drug-likeness (QED) is 0.509. The number of pyridine rings is 1. The monoisotopic (exact) mass is 378 g/mol. The van der Waals surface area contributed by atoms with Crippen molar-refractivity contribution >= 4 is 22.5 Å². The number of fused-ring (bicyclic) bond motifs is 3. The molecule has 4 aromatic rings. The largest absolute Gasteiger partial charge is 0.495 e. The number of hydrogen-bond acceptors (Lipinski definition) is 6. The third-order valence-corrected chi connectivity index (χ3v) is 4.67. The van der Waals surface area contributed by atoms with Crippen LogP contribution in [0.1, 0.15) is 21.6 Å². The summed E-state index contributed by atoms with van der Waals surface area (Å²) >= 11 is 0. The van der Waals surface area contributed by atoms with Gasteiger partial charge in [0.05, 0.1) is 36.5 Å². The minimum absolute atomic E-state index is 0.261. The molecule has 8 nitrogen and oxygen atoms in total. The zero-order valence-electron chi connectivity index (χ0n) is 15.9. The predicted octanol–water partition coefficient (Wildman–Crippen LogP) is 2.45. The fourth-order valence-corrected chi connectivity index (χ4v) is 3.29. The van der Waals surface area contributed by atoms with Crippen LogP contribution in [-0.4, -0.2) is 39.4 Å². The Balaban J connectivity index is 2.02. The van der Waals surface area contributed by atoms with E-state index >= 15 is 0 Å². The van der Waals surface area contributed by atoms with Crippen molar-refractivity contribution in [3.05, 3.63) is 63.8 Å². The SMILES string of the molecule is COC(=O)c1c(C)nn2c1ncc1c(=O)n(-c3cc(C)ccc3OC)ccc12. The second-order valence-corrected chi connectivity index (χ2v) is 6.41. The van der Waals surface area contributed by atoms with Gasteiger partial charge in [-0.3, -0.25) is 9.36 Å². The maximum absolute atomic E-state index is 13.2. The zero-order valence-corrected chi connectivity index (χ0v) is 15.9. The Morgan fingerprint density at radius 3 is 2.64 bits per heavy atom. The molecule has 0 aliphatic rings. The van der Waals surface area contributed by atoms with Gasteiger partial charge >= 0.3 is 5.97 Å². The number of esters is 1. The Morgan fingerprint density at radius 1 is 1.14 bits per heavy atom. The van der Waals surface area contributed by atoms with Gasteiger partial charge in [0, 0.05) is 12.4 Å². The maximum atomic E-state index is 13.2. The van der Waals surface area contributed by atoms with Crippen LogP contribution in [0.25, 0.3) is 22.2 Å². The number of rotatable bonds is 3. The summed E-state index contributed by atoms with van der Waals surface area (Å²) in [5.41, 5.74) is 3.05. The van der Waals surface area contributed by atoms with E-state index in [9.17, 15) is 9.59 Å². The van der Waals surface area contributed by atoms with Crippen molar-refractivity contribution in [2.45, 2.75) is 13.8 Å². The summed E-state index contributed by atoms with van der Waals surface area (Å²) in [6, 6.07) is 7.38. The van der Waals surface area contributed by atoms with Crippen LogP contribution in [-0.2, 0) is 4.74 Å².